The molecule has 0 saturated heterocycles. The fourth-order valence-corrected chi connectivity index (χ4v) is 2.86. The molecule has 2 nitrogen and oxygen atoms in total. The van der Waals surface area contributed by atoms with Gasteiger partial charge in [-0.15, -0.1) is 11.8 Å². The van der Waals surface area contributed by atoms with E-state index in [1.165, 1.54) is 36.1 Å². The van der Waals surface area contributed by atoms with E-state index < -0.39 is 0 Å². The molecule has 1 aromatic rings. The Kier molecular flexibility index (Phi) is 8.19. The summed E-state index contributed by atoms with van der Waals surface area (Å²) in [6.45, 7) is 4.54. The maximum absolute atomic E-state index is 5.75. The Hall–Kier alpha value is -0.510. The molecule has 0 aliphatic carbocycles. The second kappa shape index (κ2) is 9.40. The van der Waals surface area contributed by atoms with E-state index in [1.54, 1.807) is 11.8 Å². The number of hydrogen-bond donors (Lipinski definition) is 2. The van der Waals surface area contributed by atoms with E-state index in [2.05, 4.69) is 49.8 Å². The second-order valence-electron chi connectivity index (χ2n) is 5.14. The first-order valence-electron chi connectivity index (χ1n) is 7.35. The van der Waals surface area contributed by atoms with Gasteiger partial charge in [0, 0.05) is 10.9 Å². The number of unbranched alkanes of at least 4 members (excludes halogenated alkanes) is 1. The van der Waals surface area contributed by atoms with E-state index in [-0.39, 0.29) is 6.04 Å². The first kappa shape index (κ1) is 16.5. The highest BCUT2D eigenvalue weighted by Gasteiger charge is 2.15. The number of hydrogen-bond acceptors (Lipinski definition) is 3. The fourth-order valence-electron chi connectivity index (χ4n) is 2.45. The van der Waals surface area contributed by atoms with Gasteiger partial charge in [0.15, 0.2) is 0 Å². The lowest BCUT2D eigenvalue weighted by Crippen LogP contribution is -2.29. The Labute approximate surface area is 122 Å². The minimum Gasteiger partial charge on any atom is -0.271 e. The molecule has 2 unspecified atom stereocenters. The van der Waals surface area contributed by atoms with Crippen molar-refractivity contribution in [2.45, 2.75) is 56.9 Å². The monoisotopic (exact) mass is 280 g/mol. The average molecular weight is 280 g/mol. The molecular formula is C16H28N2S. The van der Waals surface area contributed by atoms with Gasteiger partial charge in [0.25, 0.3) is 0 Å². The molecule has 0 amide bonds. The maximum atomic E-state index is 5.75. The zero-order chi connectivity index (χ0) is 14.1. The van der Waals surface area contributed by atoms with Crippen molar-refractivity contribution in [3.05, 3.63) is 29.8 Å². The number of nitrogens with one attached hydrogen (secondary N) is 1. The van der Waals surface area contributed by atoms with Crippen molar-refractivity contribution in [3.8, 4) is 0 Å². The van der Waals surface area contributed by atoms with Crippen LogP contribution in [0.3, 0.4) is 0 Å². The maximum Gasteiger partial charge on any atom is 0.0462 e. The molecule has 1 rings (SSSR count). The first-order valence-corrected chi connectivity index (χ1v) is 8.57. The van der Waals surface area contributed by atoms with E-state index >= 15 is 0 Å². The van der Waals surface area contributed by atoms with Crippen LogP contribution in [0.2, 0.25) is 0 Å². The average Bonchev–Trinajstić information content (AvgIpc) is 2.48. The van der Waals surface area contributed by atoms with Crippen molar-refractivity contribution < 1.29 is 0 Å². The lowest BCUT2D eigenvalue weighted by molar-refractivity contribution is 0.356. The zero-order valence-corrected chi connectivity index (χ0v) is 13.3. The van der Waals surface area contributed by atoms with Crippen LogP contribution >= 0.6 is 11.8 Å². The summed E-state index contributed by atoms with van der Waals surface area (Å²) in [6.07, 6.45) is 8.38. The van der Waals surface area contributed by atoms with E-state index in [4.69, 9.17) is 5.84 Å². The number of thioether (sulfide) groups is 1. The fraction of sp³-hybridized carbons (Fsp3) is 0.625. The van der Waals surface area contributed by atoms with Crippen molar-refractivity contribution in [1.82, 2.24) is 5.43 Å². The van der Waals surface area contributed by atoms with Crippen LogP contribution in [0.25, 0.3) is 0 Å². The molecule has 108 valence electrons. The van der Waals surface area contributed by atoms with Gasteiger partial charge in [-0.3, -0.25) is 11.3 Å². The molecule has 3 N–H and O–H groups in total. The van der Waals surface area contributed by atoms with Crippen LogP contribution in [0.15, 0.2) is 29.2 Å². The Morgan fingerprint density at radius 3 is 2.37 bits per heavy atom. The molecule has 1 aromatic carbocycles. The van der Waals surface area contributed by atoms with Crippen LogP contribution < -0.4 is 11.3 Å². The molecule has 0 bridgehead atoms. The van der Waals surface area contributed by atoms with Crippen LogP contribution in [0.4, 0.5) is 0 Å². The van der Waals surface area contributed by atoms with Crippen molar-refractivity contribution in [2.75, 3.05) is 6.26 Å². The molecule has 0 aromatic heterocycles. The molecule has 0 heterocycles. The summed E-state index contributed by atoms with van der Waals surface area (Å²) in [6, 6.07) is 9.03. The van der Waals surface area contributed by atoms with Crippen LogP contribution in [0.1, 0.15) is 57.6 Å². The molecule has 3 heteroatoms. The molecule has 0 radical (unpaired) electrons. The first-order chi connectivity index (χ1) is 9.24. The van der Waals surface area contributed by atoms with E-state index in [1.807, 2.05) is 0 Å². The smallest absolute Gasteiger partial charge is 0.0462 e. The van der Waals surface area contributed by atoms with Crippen LogP contribution in [-0.2, 0) is 0 Å². The van der Waals surface area contributed by atoms with Gasteiger partial charge in [0.05, 0.1) is 0 Å². The standard InChI is InChI=1S/C16H28N2S/c1-4-6-7-13(5-2)12-16(18-17)14-8-10-15(19-3)11-9-14/h8-11,13,16,18H,4-7,12,17H2,1-3H3. The van der Waals surface area contributed by atoms with Crippen molar-refractivity contribution >= 4 is 11.8 Å². The molecule has 2 atom stereocenters. The normalized spacial score (nSPS) is 14.3. The van der Waals surface area contributed by atoms with Gasteiger partial charge in [-0.05, 0) is 36.3 Å². The predicted octanol–water partition coefficient (Wildman–Crippen LogP) is 4.52. The number of nitrogens with two attached hydrogens (primary N) is 1. The largest absolute Gasteiger partial charge is 0.271 e. The highest BCUT2D eigenvalue weighted by Crippen LogP contribution is 2.27. The van der Waals surface area contributed by atoms with Gasteiger partial charge < -0.3 is 0 Å². The SMILES string of the molecule is CCCCC(CC)CC(NN)c1ccc(SC)cc1. The minimum atomic E-state index is 0.276. The Balaban J connectivity index is 2.64. The molecule has 0 spiro atoms. The lowest BCUT2D eigenvalue weighted by atomic mass is 9.89. The van der Waals surface area contributed by atoms with Crippen LogP contribution in [0, 0.1) is 5.92 Å². The Morgan fingerprint density at radius 1 is 1.21 bits per heavy atom. The summed E-state index contributed by atoms with van der Waals surface area (Å²) in [5, 5.41) is 0. The number of rotatable bonds is 9. The molecule has 0 fully saturated rings. The van der Waals surface area contributed by atoms with Crippen molar-refractivity contribution in [3.63, 3.8) is 0 Å². The molecular weight excluding hydrogens is 252 g/mol. The number of benzene rings is 1. The van der Waals surface area contributed by atoms with Gasteiger partial charge in [-0.2, -0.15) is 0 Å². The Bertz CT molecular complexity index is 337. The summed E-state index contributed by atoms with van der Waals surface area (Å²) in [5.41, 5.74) is 4.29. The zero-order valence-electron chi connectivity index (χ0n) is 12.5. The summed E-state index contributed by atoms with van der Waals surface area (Å²) in [5.74, 6) is 6.52. The summed E-state index contributed by atoms with van der Waals surface area (Å²) < 4.78 is 0. The van der Waals surface area contributed by atoms with Crippen LogP contribution in [-0.4, -0.2) is 6.26 Å². The van der Waals surface area contributed by atoms with E-state index in [0.717, 1.165) is 12.3 Å². The lowest BCUT2D eigenvalue weighted by Gasteiger charge is -2.22. The van der Waals surface area contributed by atoms with Crippen LogP contribution in [0.5, 0.6) is 0 Å². The summed E-state index contributed by atoms with van der Waals surface area (Å²) in [7, 11) is 0. The Morgan fingerprint density at radius 2 is 1.89 bits per heavy atom. The molecule has 19 heavy (non-hydrogen) atoms. The van der Waals surface area contributed by atoms with E-state index in [9.17, 15) is 0 Å². The molecule has 0 aliphatic rings. The topological polar surface area (TPSA) is 38.0 Å². The highest BCUT2D eigenvalue weighted by molar-refractivity contribution is 7.98. The third-order valence-electron chi connectivity index (χ3n) is 3.83. The highest BCUT2D eigenvalue weighted by atomic mass is 32.2. The molecule has 0 aliphatic heterocycles. The number of hydrazine groups is 1. The van der Waals surface area contributed by atoms with Crippen molar-refractivity contribution in [2.24, 2.45) is 11.8 Å². The minimum absolute atomic E-state index is 0.276. The van der Waals surface area contributed by atoms with Gasteiger partial charge >= 0.3 is 0 Å². The third-order valence-corrected chi connectivity index (χ3v) is 4.58. The molecule has 0 saturated carbocycles. The predicted molar refractivity (Wildman–Crippen MR) is 86.2 cm³/mol. The summed E-state index contributed by atoms with van der Waals surface area (Å²) >= 11 is 1.77. The van der Waals surface area contributed by atoms with Gasteiger partial charge in [0.1, 0.15) is 0 Å². The third kappa shape index (κ3) is 5.55. The summed E-state index contributed by atoms with van der Waals surface area (Å²) in [4.78, 5) is 1.30. The van der Waals surface area contributed by atoms with E-state index in [0.29, 0.717) is 0 Å². The quantitative estimate of drug-likeness (QED) is 0.397. The van der Waals surface area contributed by atoms with Gasteiger partial charge in [0.2, 0.25) is 0 Å². The second-order valence-corrected chi connectivity index (χ2v) is 6.02. The van der Waals surface area contributed by atoms with Gasteiger partial charge in [-0.1, -0.05) is 51.7 Å². The van der Waals surface area contributed by atoms with Crippen molar-refractivity contribution in [1.29, 1.82) is 0 Å². The van der Waals surface area contributed by atoms with Gasteiger partial charge in [-0.25, -0.2) is 0 Å².